The van der Waals surface area contributed by atoms with Gasteiger partial charge < -0.3 is 10.6 Å². The van der Waals surface area contributed by atoms with Gasteiger partial charge in [0.2, 0.25) is 0 Å². The number of aliphatic imine (C=N–C) groups is 1. The number of guanidine groups is 1. The van der Waals surface area contributed by atoms with Crippen molar-refractivity contribution >= 4 is 29.9 Å². The molecule has 1 aromatic carbocycles. The van der Waals surface area contributed by atoms with Crippen LogP contribution in [0.2, 0.25) is 0 Å². The molecule has 1 unspecified atom stereocenters. The lowest BCUT2D eigenvalue weighted by molar-refractivity contribution is -0.143. The molecule has 1 heterocycles. The van der Waals surface area contributed by atoms with Gasteiger partial charge in [0.05, 0.1) is 6.54 Å². The van der Waals surface area contributed by atoms with Crippen LogP contribution in [0, 0.1) is 11.7 Å². The quantitative estimate of drug-likeness (QED) is 0.262. The Balaban J connectivity index is 0.00000392. The van der Waals surface area contributed by atoms with Crippen LogP contribution in [-0.2, 0) is 5.41 Å². The summed E-state index contributed by atoms with van der Waals surface area (Å²) >= 11 is 0. The summed E-state index contributed by atoms with van der Waals surface area (Å²) in [6.45, 7) is 5.17. The highest BCUT2D eigenvalue weighted by atomic mass is 127. The van der Waals surface area contributed by atoms with E-state index in [9.17, 15) is 17.6 Å². The number of nitrogens with zero attached hydrogens (tertiary/aromatic N) is 2. The Bertz CT molecular complexity index is 649. The predicted octanol–water partition coefficient (Wildman–Crippen LogP) is 3.77. The van der Waals surface area contributed by atoms with Gasteiger partial charge in [0.25, 0.3) is 0 Å². The van der Waals surface area contributed by atoms with Crippen LogP contribution in [0.3, 0.4) is 0 Å². The van der Waals surface area contributed by atoms with E-state index in [1.54, 1.807) is 13.1 Å². The van der Waals surface area contributed by atoms with E-state index in [4.69, 9.17) is 0 Å². The average molecular weight is 516 g/mol. The van der Waals surface area contributed by atoms with E-state index in [1.807, 2.05) is 19.9 Å². The number of nitrogens with one attached hydrogen (secondary N) is 2. The summed E-state index contributed by atoms with van der Waals surface area (Å²) in [4.78, 5) is 5.61. The number of alkyl halides is 3. The summed E-state index contributed by atoms with van der Waals surface area (Å²) in [6.07, 6.45) is -3.42. The Morgan fingerprint density at radius 2 is 1.96 bits per heavy atom. The molecule has 0 amide bonds. The van der Waals surface area contributed by atoms with E-state index in [2.05, 4.69) is 15.6 Å². The van der Waals surface area contributed by atoms with Gasteiger partial charge in [-0.2, -0.15) is 13.2 Å². The molecule has 28 heavy (non-hydrogen) atoms. The number of halogens is 5. The van der Waals surface area contributed by atoms with E-state index in [0.29, 0.717) is 32.1 Å². The molecule has 1 aliphatic heterocycles. The fourth-order valence-electron chi connectivity index (χ4n) is 3.25. The van der Waals surface area contributed by atoms with Gasteiger partial charge in [0.15, 0.2) is 5.96 Å². The molecule has 9 heteroatoms. The third-order valence-corrected chi connectivity index (χ3v) is 4.86. The third kappa shape index (κ3) is 8.10. The molecule has 1 atom stereocenters. The zero-order chi connectivity index (χ0) is 20.1. The number of rotatable bonds is 6. The molecule has 2 rings (SSSR count). The monoisotopic (exact) mass is 516 g/mol. The normalized spacial score (nSPS) is 18.7. The second-order valence-corrected chi connectivity index (χ2v) is 7.71. The molecule has 0 bridgehead atoms. The lowest BCUT2D eigenvalue weighted by atomic mass is 9.84. The van der Waals surface area contributed by atoms with Crippen molar-refractivity contribution in [2.75, 3.05) is 39.8 Å². The van der Waals surface area contributed by atoms with Gasteiger partial charge in [-0.05, 0) is 36.6 Å². The highest BCUT2D eigenvalue weighted by molar-refractivity contribution is 14.0. The molecule has 160 valence electrons. The minimum atomic E-state index is -4.15. The van der Waals surface area contributed by atoms with E-state index in [0.717, 1.165) is 12.0 Å². The highest BCUT2D eigenvalue weighted by Gasteiger charge is 2.34. The van der Waals surface area contributed by atoms with E-state index in [-0.39, 0.29) is 41.1 Å². The van der Waals surface area contributed by atoms with Crippen LogP contribution >= 0.6 is 24.0 Å². The van der Waals surface area contributed by atoms with Gasteiger partial charge in [0, 0.05) is 32.1 Å². The molecule has 1 fully saturated rings. The fraction of sp³-hybridized carbons (Fsp3) is 0.632. The maximum absolute atomic E-state index is 13.5. The first-order valence-corrected chi connectivity index (χ1v) is 9.09. The molecule has 1 aromatic rings. The molecule has 4 nitrogen and oxygen atoms in total. The van der Waals surface area contributed by atoms with Crippen molar-refractivity contribution in [3.63, 3.8) is 0 Å². The lowest BCUT2D eigenvalue weighted by Crippen LogP contribution is -2.45. The van der Waals surface area contributed by atoms with Crippen LogP contribution in [0.1, 0.15) is 25.8 Å². The summed E-state index contributed by atoms with van der Waals surface area (Å²) in [5, 5.41) is 6.41. The van der Waals surface area contributed by atoms with Crippen LogP contribution in [0.5, 0.6) is 0 Å². The van der Waals surface area contributed by atoms with Crippen molar-refractivity contribution in [3.05, 3.63) is 35.6 Å². The van der Waals surface area contributed by atoms with Crippen molar-refractivity contribution in [1.82, 2.24) is 15.5 Å². The topological polar surface area (TPSA) is 39.7 Å². The van der Waals surface area contributed by atoms with Gasteiger partial charge in [-0.3, -0.25) is 9.89 Å². The Morgan fingerprint density at radius 3 is 2.57 bits per heavy atom. The minimum Gasteiger partial charge on any atom is -0.356 e. The molecule has 0 aliphatic carbocycles. The zero-order valence-electron chi connectivity index (χ0n) is 16.4. The molecular formula is C19H29F4IN4. The average Bonchev–Trinajstić information content (AvgIpc) is 3.00. The Kier molecular flexibility index (Phi) is 9.45. The summed E-state index contributed by atoms with van der Waals surface area (Å²) < 4.78 is 50.9. The van der Waals surface area contributed by atoms with E-state index < -0.39 is 12.7 Å². The van der Waals surface area contributed by atoms with Gasteiger partial charge >= 0.3 is 6.18 Å². The second kappa shape index (κ2) is 10.6. The largest absolute Gasteiger partial charge is 0.401 e. The first-order chi connectivity index (χ1) is 12.6. The lowest BCUT2D eigenvalue weighted by Gasteiger charge is -2.27. The molecule has 2 N–H and O–H groups in total. The molecular weight excluding hydrogens is 487 g/mol. The standard InChI is InChI=1S/C19H28F4N4.HI/c1-18(2,15-5-4-6-16(20)9-15)12-26-17(24-3)25-10-14-7-8-27(11-14)13-19(21,22)23;/h4-6,9,14H,7-8,10-13H2,1-3H3,(H2,24,25,26);1H. The summed E-state index contributed by atoms with van der Waals surface area (Å²) in [5.41, 5.74) is 0.570. The maximum atomic E-state index is 13.5. The van der Waals surface area contributed by atoms with Crippen LogP contribution < -0.4 is 10.6 Å². The Morgan fingerprint density at radius 1 is 1.25 bits per heavy atom. The second-order valence-electron chi connectivity index (χ2n) is 7.71. The number of hydrogen-bond acceptors (Lipinski definition) is 2. The fourth-order valence-corrected chi connectivity index (χ4v) is 3.25. The van der Waals surface area contributed by atoms with Crippen LogP contribution in [0.15, 0.2) is 29.3 Å². The maximum Gasteiger partial charge on any atom is 0.401 e. The summed E-state index contributed by atoms with van der Waals surface area (Å²) in [7, 11) is 1.65. The van der Waals surface area contributed by atoms with Gasteiger partial charge in [0.1, 0.15) is 5.82 Å². The smallest absolute Gasteiger partial charge is 0.356 e. The number of hydrogen-bond donors (Lipinski definition) is 2. The van der Waals surface area contributed by atoms with Crippen molar-refractivity contribution in [2.45, 2.75) is 31.9 Å². The molecule has 0 radical (unpaired) electrons. The van der Waals surface area contributed by atoms with E-state index in [1.165, 1.54) is 17.0 Å². The summed E-state index contributed by atoms with van der Waals surface area (Å²) in [5.74, 6) is 0.476. The first kappa shape index (κ1) is 24.9. The van der Waals surface area contributed by atoms with Crippen LogP contribution in [-0.4, -0.2) is 56.8 Å². The predicted molar refractivity (Wildman–Crippen MR) is 115 cm³/mol. The SMILES string of the molecule is CN=C(NCC1CCN(CC(F)(F)F)C1)NCC(C)(C)c1cccc(F)c1.I. The minimum absolute atomic E-state index is 0. The number of likely N-dealkylation sites (tertiary alicyclic amines) is 1. The van der Waals surface area contributed by atoms with Crippen LogP contribution in [0.25, 0.3) is 0 Å². The van der Waals surface area contributed by atoms with Crippen molar-refractivity contribution in [3.8, 4) is 0 Å². The first-order valence-electron chi connectivity index (χ1n) is 9.09. The highest BCUT2D eigenvalue weighted by Crippen LogP contribution is 2.23. The summed E-state index contributed by atoms with van der Waals surface area (Å²) in [6, 6.07) is 6.50. The van der Waals surface area contributed by atoms with Crippen molar-refractivity contribution in [1.29, 1.82) is 0 Å². The third-order valence-electron chi connectivity index (χ3n) is 4.86. The molecule has 0 spiro atoms. The number of benzene rings is 1. The molecule has 1 aliphatic rings. The molecule has 0 aromatic heterocycles. The zero-order valence-corrected chi connectivity index (χ0v) is 18.8. The molecule has 0 saturated carbocycles. The van der Waals surface area contributed by atoms with Crippen molar-refractivity contribution < 1.29 is 17.6 Å². The van der Waals surface area contributed by atoms with E-state index >= 15 is 0 Å². The Hall–Kier alpha value is -1.10. The Labute approximate surface area is 181 Å². The molecule has 1 saturated heterocycles. The van der Waals surface area contributed by atoms with Gasteiger partial charge in [-0.1, -0.05) is 26.0 Å². The van der Waals surface area contributed by atoms with Gasteiger partial charge in [-0.25, -0.2) is 4.39 Å². The van der Waals surface area contributed by atoms with Gasteiger partial charge in [-0.15, -0.1) is 24.0 Å². The van der Waals surface area contributed by atoms with Crippen molar-refractivity contribution in [2.24, 2.45) is 10.9 Å². The van der Waals surface area contributed by atoms with Crippen LogP contribution in [0.4, 0.5) is 17.6 Å².